The molecule has 0 heterocycles. The second-order valence-corrected chi connectivity index (χ2v) is 6.52. The van der Waals surface area contributed by atoms with Crippen LogP contribution in [0.5, 0.6) is 11.5 Å². The molecule has 0 aliphatic rings. The number of benzene rings is 2. The van der Waals surface area contributed by atoms with Gasteiger partial charge in [-0.15, -0.1) is 0 Å². The molecule has 2 N–H and O–H groups in total. The lowest BCUT2D eigenvalue weighted by molar-refractivity contribution is -0.123. The van der Waals surface area contributed by atoms with Crippen molar-refractivity contribution < 1.29 is 33.3 Å². The number of nitrogens with one attached hydrogen (secondary N) is 2. The van der Waals surface area contributed by atoms with Crippen molar-refractivity contribution in [2.45, 2.75) is 20.3 Å². The molecule has 0 fully saturated rings. The molecule has 172 valence electrons. The number of hydrogen-bond acceptors (Lipinski definition) is 7. The van der Waals surface area contributed by atoms with E-state index in [2.05, 4.69) is 10.9 Å². The maximum atomic E-state index is 12.2. The average molecular weight is 444 g/mol. The minimum atomic E-state index is -0.547. The van der Waals surface area contributed by atoms with Gasteiger partial charge in [0.05, 0.1) is 18.8 Å². The summed E-state index contributed by atoms with van der Waals surface area (Å²) in [5.41, 5.74) is 5.33. The van der Waals surface area contributed by atoms with Gasteiger partial charge in [0.1, 0.15) is 18.1 Å². The SMILES string of the molecule is CCCOC(=O)c1ccc(OCC(=O)NNC(=O)c2cccc(OCCOCC)c2)cc1. The number of amides is 2. The van der Waals surface area contributed by atoms with Crippen molar-refractivity contribution in [3.05, 3.63) is 59.7 Å². The fourth-order valence-electron chi connectivity index (χ4n) is 2.44. The van der Waals surface area contributed by atoms with Gasteiger partial charge < -0.3 is 18.9 Å². The maximum Gasteiger partial charge on any atom is 0.338 e. The summed E-state index contributed by atoms with van der Waals surface area (Å²) in [5.74, 6) is -0.537. The van der Waals surface area contributed by atoms with Crippen molar-refractivity contribution >= 4 is 17.8 Å². The van der Waals surface area contributed by atoms with Gasteiger partial charge in [0, 0.05) is 12.2 Å². The molecule has 0 aliphatic heterocycles. The third-order valence-electron chi connectivity index (χ3n) is 4.01. The Morgan fingerprint density at radius 3 is 2.31 bits per heavy atom. The molecule has 0 saturated carbocycles. The van der Waals surface area contributed by atoms with Crippen molar-refractivity contribution in [3.63, 3.8) is 0 Å². The van der Waals surface area contributed by atoms with Crippen LogP contribution >= 0.6 is 0 Å². The van der Waals surface area contributed by atoms with Crippen LogP contribution in [-0.4, -0.2) is 50.8 Å². The third-order valence-corrected chi connectivity index (χ3v) is 4.01. The quantitative estimate of drug-likeness (QED) is 0.294. The van der Waals surface area contributed by atoms with Gasteiger partial charge in [-0.05, 0) is 55.8 Å². The zero-order valence-electron chi connectivity index (χ0n) is 18.2. The Balaban J connectivity index is 1.74. The van der Waals surface area contributed by atoms with Gasteiger partial charge in [-0.3, -0.25) is 20.4 Å². The molecule has 0 spiro atoms. The minimum absolute atomic E-state index is 0.319. The molecule has 2 rings (SSSR count). The van der Waals surface area contributed by atoms with Crippen LogP contribution in [0.25, 0.3) is 0 Å². The molecule has 0 atom stereocenters. The van der Waals surface area contributed by atoms with E-state index in [1.165, 1.54) is 0 Å². The topological polar surface area (TPSA) is 112 Å². The lowest BCUT2D eigenvalue weighted by Crippen LogP contribution is -2.43. The van der Waals surface area contributed by atoms with Crippen LogP contribution in [0.3, 0.4) is 0 Å². The Kier molecular flexibility index (Phi) is 10.5. The summed E-state index contributed by atoms with van der Waals surface area (Å²) in [7, 11) is 0. The van der Waals surface area contributed by atoms with Gasteiger partial charge in [0.25, 0.3) is 11.8 Å². The average Bonchev–Trinajstić information content (AvgIpc) is 2.82. The fraction of sp³-hybridized carbons (Fsp3) is 0.348. The number of esters is 1. The molecule has 0 radical (unpaired) electrons. The molecule has 2 amide bonds. The Hall–Kier alpha value is -3.59. The Morgan fingerprint density at radius 1 is 0.812 bits per heavy atom. The smallest absolute Gasteiger partial charge is 0.338 e. The highest BCUT2D eigenvalue weighted by atomic mass is 16.5. The zero-order valence-corrected chi connectivity index (χ0v) is 18.2. The third kappa shape index (κ3) is 8.65. The monoisotopic (exact) mass is 444 g/mol. The Labute approximate surface area is 187 Å². The standard InChI is InChI=1S/C23H28N2O7/c1-3-12-31-23(28)17-8-10-19(11-9-17)32-16-21(26)24-25-22(27)18-6-5-7-20(15-18)30-14-13-29-4-2/h5-11,15H,3-4,12-14,16H2,1-2H3,(H,24,26)(H,25,27). The summed E-state index contributed by atoms with van der Waals surface area (Å²) in [6.07, 6.45) is 0.742. The molecule has 2 aromatic carbocycles. The van der Waals surface area contributed by atoms with E-state index >= 15 is 0 Å². The predicted octanol–water partition coefficient (Wildman–Crippen LogP) is 2.51. The van der Waals surface area contributed by atoms with Crippen molar-refractivity contribution in [1.29, 1.82) is 0 Å². The van der Waals surface area contributed by atoms with E-state index < -0.39 is 17.8 Å². The summed E-state index contributed by atoms with van der Waals surface area (Å²) in [6.45, 7) is 5.27. The highest BCUT2D eigenvalue weighted by molar-refractivity contribution is 5.95. The molecule has 0 saturated heterocycles. The second kappa shape index (κ2) is 13.7. The zero-order chi connectivity index (χ0) is 23.2. The van der Waals surface area contributed by atoms with Gasteiger partial charge in [0.2, 0.25) is 0 Å². The van der Waals surface area contributed by atoms with E-state index in [9.17, 15) is 14.4 Å². The van der Waals surface area contributed by atoms with Crippen molar-refractivity contribution in [3.8, 4) is 11.5 Å². The number of carbonyl (C=O) groups excluding carboxylic acids is 3. The Morgan fingerprint density at radius 2 is 1.59 bits per heavy atom. The van der Waals surface area contributed by atoms with Crippen LogP contribution in [0.2, 0.25) is 0 Å². The molecule has 9 nitrogen and oxygen atoms in total. The van der Waals surface area contributed by atoms with Gasteiger partial charge in [-0.25, -0.2) is 4.79 Å². The number of hydrogen-bond donors (Lipinski definition) is 2. The van der Waals surface area contributed by atoms with Gasteiger partial charge in [0.15, 0.2) is 6.61 Å². The van der Waals surface area contributed by atoms with Crippen LogP contribution in [0.4, 0.5) is 0 Å². The number of ether oxygens (including phenoxy) is 4. The van der Waals surface area contributed by atoms with E-state index in [4.69, 9.17) is 18.9 Å². The number of rotatable bonds is 12. The molecule has 0 unspecified atom stereocenters. The summed E-state index contributed by atoms with van der Waals surface area (Å²) >= 11 is 0. The predicted molar refractivity (Wildman–Crippen MR) is 117 cm³/mol. The largest absolute Gasteiger partial charge is 0.491 e. The summed E-state index contributed by atoms with van der Waals surface area (Å²) in [4.78, 5) is 36.0. The first kappa shape index (κ1) is 24.7. The number of hydrazine groups is 1. The van der Waals surface area contributed by atoms with Crippen molar-refractivity contribution in [2.75, 3.05) is 33.0 Å². The van der Waals surface area contributed by atoms with Crippen molar-refractivity contribution in [1.82, 2.24) is 10.9 Å². The first-order valence-electron chi connectivity index (χ1n) is 10.3. The Bertz CT molecular complexity index is 884. The molecular formula is C23H28N2O7. The summed E-state index contributed by atoms with van der Waals surface area (Å²) in [6, 6.07) is 12.8. The highest BCUT2D eigenvalue weighted by Crippen LogP contribution is 2.14. The molecule has 0 aromatic heterocycles. The molecule has 32 heavy (non-hydrogen) atoms. The summed E-state index contributed by atoms with van der Waals surface area (Å²) < 4.78 is 21.1. The van der Waals surface area contributed by atoms with Crippen molar-refractivity contribution in [2.24, 2.45) is 0 Å². The molecular weight excluding hydrogens is 416 g/mol. The van der Waals surface area contributed by atoms with Gasteiger partial charge in [-0.2, -0.15) is 0 Å². The lowest BCUT2D eigenvalue weighted by atomic mass is 10.2. The fourth-order valence-corrected chi connectivity index (χ4v) is 2.44. The van der Waals surface area contributed by atoms with Crippen LogP contribution in [0.15, 0.2) is 48.5 Å². The van der Waals surface area contributed by atoms with E-state index in [0.717, 1.165) is 6.42 Å². The highest BCUT2D eigenvalue weighted by Gasteiger charge is 2.10. The molecule has 0 bridgehead atoms. The van der Waals surface area contributed by atoms with Gasteiger partial charge in [-0.1, -0.05) is 13.0 Å². The first-order valence-corrected chi connectivity index (χ1v) is 10.3. The van der Waals surface area contributed by atoms with Crippen LogP contribution in [-0.2, 0) is 14.3 Å². The maximum absolute atomic E-state index is 12.2. The lowest BCUT2D eigenvalue weighted by Gasteiger charge is -2.10. The molecule has 9 heteroatoms. The van der Waals surface area contributed by atoms with E-state index in [1.54, 1.807) is 48.5 Å². The second-order valence-electron chi connectivity index (χ2n) is 6.52. The minimum Gasteiger partial charge on any atom is -0.491 e. The van der Waals surface area contributed by atoms with Crippen LogP contribution in [0, 0.1) is 0 Å². The van der Waals surface area contributed by atoms with Gasteiger partial charge >= 0.3 is 5.97 Å². The van der Waals surface area contributed by atoms with E-state index in [0.29, 0.717) is 49.1 Å². The molecule has 2 aromatic rings. The van der Waals surface area contributed by atoms with E-state index in [1.807, 2.05) is 13.8 Å². The normalized spacial score (nSPS) is 10.2. The number of carbonyl (C=O) groups is 3. The van der Waals surface area contributed by atoms with Crippen LogP contribution in [0.1, 0.15) is 41.0 Å². The van der Waals surface area contributed by atoms with Crippen LogP contribution < -0.4 is 20.3 Å². The van der Waals surface area contributed by atoms with E-state index in [-0.39, 0.29) is 6.61 Å². The summed E-state index contributed by atoms with van der Waals surface area (Å²) in [5, 5.41) is 0. The first-order chi connectivity index (χ1) is 15.5. The molecule has 0 aliphatic carbocycles.